The van der Waals surface area contributed by atoms with E-state index in [4.69, 9.17) is 9.47 Å². The standard InChI is InChI=1S/C21H29N5O5S/c1-25(2)19(27)14-17-13-18(31-21(30-17)11-7-4-8-12-21)15-32(28,29)20-22-23-24-26(20)16-9-5-3-6-10-16/h3,5-6,9-10,17-18H,4,7-8,11-15H2,1-2H3. The van der Waals surface area contributed by atoms with Gasteiger partial charge < -0.3 is 14.4 Å². The van der Waals surface area contributed by atoms with Gasteiger partial charge in [0.15, 0.2) is 5.79 Å². The third-order valence-electron chi connectivity index (χ3n) is 5.93. The number of hydrogen-bond acceptors (Lipinski definition) is 8. The molecule has 11 heteroatoms. The molecular formula is C21H29N5O5S. The van der Waals surface area contributed by atoms with Crippen molar-refractivity contribution in [2.24, 2.45) is 0 Å². The third kappa shape index (κ3) is 5.00. The number of para-hydroxylation sites is 1. The van der Waals surface area contributed by atoms with Crippen LogP contribution in [0.1, 0.15) is 44.9 Å². The molecule has 1 aliphatic carbocycles. The molecule has 174 valence electrons. The molecular weight excluding hydrogens is 434 g/mol. The summed E-state index contributed by atoms with van der Waals surface area (Å²) in [4.78, 5) is 13.8. The highest BCUT2D eigenvalue weighted by Gasteiger charge is 2.45. The number of aromatic nitrogens is 4. The van der Waals surface area contributed by atoms with Gasteiger partial charge in [0.05, 0.1) is 30.1 Å². The summed E-state index contributed by atoms with van der Waals surface area (Å²) in [6.45, 7) is 0. The van der Waals surface area contributed by atoms with Crippen LogP contribution in [0.5, 0.6) is 0 Å². The molecule has 1 saturated heterocycles. The second-order valence-corrected chi connectivity index (χ2v) is 10.6. The summed E-state index contributed by atoms with van der Waals surface area (Å²) in [6, 6.07) is 8.87. The Labute approximate surface area is 187 Å². The predicted molar refractivity (Wildman–Crippen MR) is 115 cm³/mol. The molecule has 4 rings (SSSR count). The zero-order valence-electron chi connectivity index (χ0n) is 18.4. The van der Waals surface area contributed by atoms with Gasteiger partial charge in [-0.3, -0.25) is 4.79 Å². The van der Waals surface area contributed by atoms with Crippen LogP contribution in [0, 0.1) is 0 Å². The van der Waals surface area contributed by atoms with Crippen LogP contribution in [0.4, 0.5) is 0 Å². The van der Waals surface area contributed by atoms with Gasteiger partial charge in [-0.15, -0.1) is 0 Å². The fraction of sp³-hybridized carbons (Fsp3) is 0.619. The number of benzene rings is 1. The number of hydrogen-bond donors (Lipinski definition) is 0. The molecule has 1 spiro atoms. The van der Waals surface area contributed by atoms with Crippen molar-refractivity contribution in [3.8, 4) is 5.69 Å². The van der Waals surface area contributed by atoms with Gasteiger partial charge in [0.25, 0.3) is 5.16 Å². The van der Waals surface area contributed by atoms with E-state index in [9.17, 15) is 13.2 Å². The summed E-state index contributed by atoms with van der Waals surface area (Å²) in [5, 5.41) is 11.0. The summed E-state index contributed by atoms with van der Waals surface area (Å²) in [5.74, 6) is -1.17. The molecule has 2 heterocycles. The minimum atomic E-state index is -3.87. The van der Waals surface area contributed by atoms with Crippen molar-refractivity contribution in [1.29, 1.82) is 0 Å². The second kappa shape index (κ2) is 9.24. The quantitative estimate of drug-likeness (QED) is 0.636. The lowest BCUT2D eigenvalue weighted by Crippen LogP contribution is -2.52. The Kier molecular flexibility index (Phi) is 6.59. The van der Waals surface area contributed by atoms with Crippen molar-refractivity contribution in [2.45, 2.75) is 68.1 Å². The number of tetrazole rings is 1. The highest BCUT2D eigenvalue weighted by Crippen LogP contribution is 2.40. The summed E-state index contributed by atoms with van der Waals surface area (Å²) >= 11 is 0. The lowest BCUT2D eigenvalue weighted by atomic mass is 9.91. The van der Waals surface area contributed by atoms with Crippen LogP contribution in [0.25, 0.3) is 5.69 Å². The van der Waals surface area contributed by atoms with Gasteiger partial charge in [-0.25, -0.2) is 8.42 Å². The van der Waals surface area contributed by atoms with Crippen LogP contribution >= 0.6 is 0 Å². The second-order valence-electron chi connectivity index (χ2n) is 8.67. The van der Waals surface area contributed by atoms with E-state index in [0.717, 1.165) is 19.3 Å². The Morgan fingerprint density at radius 1 is 1.12 bits per heavy atom. The zero-order chi connectivity index (χ0) is 22.8. The van der Waals surface area contributed by atoms with Gasteiger partial charge in [0, 0.05) is 33.4 Å². The molecule has 2 fully saturated rings. The smallest absolute Gasteiger partial charge is 0.272 e. The molecule has 10 nitrogen and oxygen atoms in total. The first-order chi connectivity index (χ1) is 15.3. The first kappa shape index (κ1) is 22.8. The van der Waals surface area contributed by atoms with E-state index in [-0.39, 0.29) is 23.2 Å². The maximum atomic E-state index is 13.3. The lowest BCUT2D eigenvalue weighted by molar-refractivity contribution is -0.324. The Hall–Kier alpha value is -2.37. The zero-order valence-corrected chi connectivity index (χ0v) is 19.2. The van der Waals surface area contributed by atoms with E-state index in [1.54, 1.807) is 38.4 Å². The predicted octanol–water partition coefficient (Wildman–Crippen LogP) is 1.75. The Bertz CT molecular complexity index is 1030. The number of carbonyl (C=O) groups is 1. The van der Waals surface area contributed by atoms with Gasteiger partial charge in [-0.1, -0.05) is 29.7 Å². The fourth-order valence-corrected chi connectivity index (χ4v) is 5.79. The van der Waals surface area contributed by atoms with Crippen LogP contribution in [0.15, 0.2) is 35.5 Å². The van der Waals surface area contributed by atoms with Crippen LogP contribution in [0.3, 0.4) is 0 Å². The Morgan fingerprint density at radius 2 is 1.81 bits per heavy atom. The van der Waals surface area contributed by atoms with Gasteiger partial charge in [0.2, 0.25) is 15.7 Å². The third-order valence-corrected chi connectivity index (χ3v) is 7.55. The molecule has 0 N–H and O–H groups in total. The first-order valence-corrected chi connectivity index (χ1v) is 12.6. The van der Waals surface area contributed by atoms with Gasteiger partial charge in [-0.2, -0.15) is 4.68 Å². The number of rotatable bonds is 6. The maximum absolute atomic E-state index is 13.3. The van der Waals surface area contributed by atoms with Crippen molar-refractivity contribution in [3.05, 3.63) is 30.3 Å². The van der Waals surface area contributed by atoms with Crippen LogP contribution in [-0.4, -0.2) is 77.3 Å². The summed E-state index contributed by atoms with van der Waals surface area (Å²) < 4.78 is 40.3. The molecule has 0 bridgehead atoms. The number of ether oxygens (including phenoxy) is 2. The highest BCUT2D eigenvalue weighted by molar-refractivity contribution is 7.91. The molecule has 0 radical (unpaired) electrons. The average molecular weight is 464 g/mol. The molecule has 1 amide bonds. The molecule has 1 aromatic carbocycles. The summed E-state index contributed by atoms with van der Waals surface area (Å²) in [7, 11) is -0.472. The molecule has 1 saturated carbocycles. The minimum Gasteiger partial charge on any atom is -0.349 e. The molecule has 1 aromatic heterocycles. The van der Waals surface area contributed by atoms with E-state index in [0.29, 0.717) is 24.9 Å². The van der Waals surface area contributed by atoms with E-state index < -0.39 is 27.8 Å². The molecule has 1 aliphatic heterocycles. The number of carbonyl (C=O) groups excluding carboxylic acids is 1. The van der Waals surface area contributed by atoms with Gasteiger partial charge >= 0.3 is 0 Å². The molecule has 32 heavy (non-hydrogen) atoms. The summed E-state index contributed by atoms with van der Waals surface area (Å²) in [5.41, 5.74) is 0.558. The van der Waals surface area contributed by atoms with Crippen LogP contribution < -0.4 is 0 Å². The number of amides is 1. The van der Waals surface area contributed by atoms with Gasteiger partial charge in [0.1, 0.15) is 0 Å². The van der Waals surface area contributed by atoms with Crippen LogP contribution in [0.2, 0.25) is 0 Å². The van der Waals surface area contributed by atoms with Crippen LogP contribution in [-0.2, 0) is 24.1 Å². The van der Waals surface area contributed by atoms with Crippen molar-refractivity contribution in [3.63, 3.8) is 0 Å². The van der Waals surface area contributed by atoms with E-state index in [2.05, 4.69) is 15.5 Å². The van der Waals surface area contributed by atoms with E-state index >= 15 is 0 Å². The highest BCUT2D eigenvalue weighted by atomic mass is 32.2. The Balaban J connectivity index is 1.57. The largest absolute Gasteiger partial charge is 0.349 e. The number of nitrogens with zero attached hydrogens (tertiary/aromatic N) is 5. The van der Waals surface area contributed by atoms with Crippen molar-refractivity contribution < 1.29 is 22.7 Å². The molecule has 2 atom stereocenters. The topological polar surface area (TPSA) is 117 Å². The molecule has 2 unspecified atom stereocenters. The average Bonchev–Trinajstić information content (AvgIpc) is 3.25. The monoisotopic (exact) mass is 463 g/mol. The maximum Gasteiger partial charge on any atom is 0.272 e. The molecule has 2 aliphatic rings. The van der Waals surface area contributed by atoms with E-state index in [1.807, 2.05) is 6.07 Å². The lowest BCUT2D eigenvalue weighted by Gasteiger charge is -2.46. The van der Waals surface area contributed by atoms with E-state index in [1.165, 1.54) is 9.58 Å². The Morgan fingerprint density at radius 3 is 2.50 bits per heavy atom. The van der Waals surface area contributed by atoms with Crippen molar-refractivity contribution in [2.75, 3.05) is 19.8 Å². The minimum absolute atomic E-state index is 0.0579. The van der Waals surface area contributed by atoms with Crippen molar-refractivity contribution in [1.82, 2.24) is 25.1 Å². The number of sulfone groups is 1. The van der Waals surface area contributed by atoms with Crippen molar-refractivity contribution >= 4 is 15.7 Å². The molecule has 2 aromatic rings. The first-order valence-electron chi connectivity index (χ1n) is 10.9. The SMILES string of the molecule is CN(C)C(=O)CC1CC(CS(=O)(=O)c2nnnn2-c2ccccc2)OC2(CCCCC2)O1. The normalized spacial score (nSPS) is 23.2. The summed E-state index contributed by atoms with van der Waals surface area (Å²) in [6.07, 6.45) is 3.85. The van der Waals surface area contributed by atoms with Gasteiger partial charge in [-0.05, 0) is 35.4 Å². The fourth-order valence-electron chi connectivity index (χ4n) is 4.38.